The molecule has 2 rings (SSSR count). The normalized spacial score (nSPS) is 14.7. The van der Waals surface area contributed by atoms with Crippen molar-refractivity contribution in [3.63, 3.8) is 0 Å². The molecule has 1 aliphatic heterocycles. The fourth-order valence-corrected chi connectivity index (χ4v) is 4.03. The highest BCUT2D eigenvalue weighted by Gasteiger charge is 2.35. The molecule has 0 N–H and O–H groups in total. The second-order valence-corrected chi connectivity index (χ2v) is 6.36. The van der Waals surface area contributed by atoms with Crippen molar-refractivity contribution in [3.05, 3.63) is 21.2 Å². The highest BCUT2D eigenvalue weighted by atomic mass is 35.5. The summed E-state index contributed by atoms with van der Waals surface area (Å²) >= 11 is 6.05. The third-order valence-electron chi connectivity index (χ3n) is 2.86. The lowest BCUT2D eigenvalue weighted by molar-refractivity contribution is 0.229. The second kappa shape index (κ2) is 5.75. The highest BCUT2D eigenvalue weighted by Crippen LogP contribution is 2.45. The van der Waals surface area contributed by atoms with E-state index in [4.69, 9.17) is 20.6 Å². The number of aromatic nitrogens is 2. The summed E-state index contributed by atoms with van der Waals surface area (Å²) in [6.45, 7) is 4.24. The molecule has 1 aromatic heterocycles. The summed E-state index contributed by atoms with van der Waals surface area (Å²) in [4.78, 5) is 16.3. The predicted octanol–water partition coefficient (Wildman–Crippen LogP) is 1.73. The first-order valence-corrected chi connectivity index (χ1v) is 8.14. The molecule has 6 nitrogen and oxygen atoms in total. The van der Waals surface area contributed by atoms with E-state index in [2.05, 4.69) is 4.98 Å². The van der Waals surface area contributed by atoms with Gasteiger partial charge in [0.2, 0.25) is 5.44 Å². The van der Waals surface area contributed by atoms with Crippen LogP contribution >= 0.6 is 19.2 Å². The number of fused-ring (bicyclic) bond motifs is 1. The van der Waals surface area contributed by atoms with Crippen LogP contribution in [0.3, 0.4) is 0 Å². The van der Waals surface area contributed by atoms with E-state index in [1.54, 1.807) is 13.8 Å². The minimum Gasteiger partial charge on any atom is -0.307 e. The molecule has 106 valence electrons. The molecule has 0 amide bonds. The smallest absolute Gasteiger partial charge is 0.307 e. The maximum Gasteiger partial charge on any atom is 0.385 e. The van der Waals surface area contributed by atoms with Crippen molar-refractivity contribution in [2.24, 2.45) is 0 Å². The van der Waals surface area contributed by atoms with Crippen LogP contribution in [0.25, 0.3) is 0 Å². The van der Waals surface area contributed by atoms with Crippen molar-refractivity contribution in [3.8, 4) is 0 Å². The van der Waals surface area contributed by atoms with Gasteiger partial charge in [0.05, 0.1) is 18.9 Å². The monoisotopic (exact) mass is 306 g/mol. The molecule has 0 spiro atoms. The molecule has 1 aromatic rings. The van der Waals surface area contributed by atoms with Crippen LogP contribution in [0.5, 0.6) is 0 Å². The molecule has 8 heteroatoms. The minimum absolute atomic E-state index is 0.164. The SMILES string of the molecule is CCOP(=O)(OCC)c1nc(Cl)c2n(c1=O)CCC2. The van der Waals surface area contributed by atoms with Gasteiger partial charge in [0.15, 0.2) is 0 Å². The quantitative estimate of drug-likeness (QED) is 0.775. The lowest BCUT2D eigenvalue weighted by atomic mass is 10.3. The Balaban J connectivity index is 2.59. The van der Waals surface area contributed by atoms with Gasteiger partial charge in [-0.3, -0.25) is 9.36 Å². The Morgan fingerprint density at radius 1 is 1.37 bits per heavy atom. The van der Waals surface area contributed by atoms with Crippen molar-refractivity contribution in [1.82, 2.24) is 9.55 Å². The van der Waals surface area contributed by atoms with Gasteiger partial charge in [-0.25, -0.2) is 4.98 Å². The zero-order chi connectivity index (χ0) is 14.0. The molecule has 19 heavy (non-hydrogen) atoms. The molecule has 2 heterocycles. The van der Waals surface area contributed by atoms with Gasteiger partial charge >= 0.3 is 7.60 Å². The van der Waals surface area contributed by atoms with Crippen LogP contribution in [0, 0.1) is 0 Å². The van der Waals surface area contributed by atoms with E-state index in [1.165, 1.54) is 4.57 Å². The molecular weight excluding hydrogens is 291 g/mol. The maximum atomic E-state index is 12.6. The van der Waals surface area contributed by atoms with Crippen molar-refractivity contribution in [2.45, 2.75) is 33.2 Å². The summed E-state index contributed by atoms with van der Waals surface area (Å²) in [6, 6.07) is 0. The van der Waals surface area contributed by atoms with Gasteiger partial charge in [-0.15, -0.1) is 0 Å². The standard InChI is InChI=1S/C11H16ClN2O4P/c1-3-17-19(16,18-4-2)10-11(15)14-7-5-6-8(14)9(12)13-10/h3-7H2,1-2H3. The van der Waals surface area contributed by atoms with Crippen molar-refractivity contribution >= 4 is 24.6 Å². The molecule has 0 unspecified atom stereocenters. The molecule has 0 saturated heterocycles. The fourth-order valence-electron chi connectivity index (χ4n) is 2.12. The van der Waals surface area contributed by atoms with Gasteiger partial charge < -0.3 is 13.6 Å². The molecule has 1 aliphatic rings. The lowest BCUT2D eigenvalue weighted by Crippen LogP contribution is -2.37. The summed E-state index contributed by atoms with van der Waals surface area (Å²) in [6.07, 6.45) is 1.53. The van der Waals surface area contributed by atoms with E-state index in [0.29, 0.717) is 18.7 Å². The van der Waals surface area contributed by atoms with Crippen LogP contribution in [0.4, 0.5) is 0 Å². The van der Waals surface area contributed by atoms with Crippen molar-refractivity contribution in [1.29, 1.82) is 0 Å². The lowest BCUT2D eigenvalue weighted by Gasteiger charge is -2.17. The van der Waals surface area contributed by atoms with Gasteiger partial charge in [0.25, 0.3) is 5.56 Å². The number of rotatable bonds is 5. The van der Waals surface area contributed by atoms with Crippen LogP contribution in [0.15, 0.2) is 4.79 Å². The van der Waals surface area contributed by atoms with Crippen LogP contribution < -0.4 is 11.0 Å². The third kappa shape index (κ3) is 2.63. The largest absolute Gasteiger partial charge is 0.385 e. The molecule has 0 atom stereocenters. The molecule has 0 radical (unpaired) electrons. The van der Waals surface area contributed by atoms with E-state index in [1.807, 2.05) is 0 Å². The zero-order valence-electron chi connectivity index (χ0n) is 10.9. The Hall–Kier alpha value is -0.680. The van der Waals surface area contributed by atoms with Gasteiger partial charge in [-0.05, 0) is 26.7 Å². The molecule has 0 bridgehead atoms. The third-order valence-corrected chi connectivity index (χ3v) is 5.17. The molecule has 0 aromatic carbocycles. The van der Waals surface area contributed by atoms with Crippen LogP contribution in [-0.4, -0.2) is 22.8 Å². The van der Waals surface area contributed by atoms with Gasteiger partial charge in [0.1, 0.15) is 5.15 Å². The second-order valence-electron chi connectivity index (χ2n) is 4.07. The predicted molar refractivity (Wildman–Crippen MR) is 72.3 cm³/mol. The summed E-state index contributed by atoms with van der Waals surface area (Å²) in [5, 5.41) is 0.201. The van der Waals surface area contributed by atoms with Crippen LogP contribution in [-0.2, 0) is 26.6 Å². The van der Waals surface area contributed by atoms with Crippen LogP contribution in [0.1, 0.15) is 26.0 Å². The van der Waals surface area contributed by atoms with E-state index in [0.717, 1.165) is 6.42 Å². The van der Waals surface area contributed by atoms with E-state index >= 15 is 0 Å². The number of nitrogens with zero attached hydrogens (tertiary/aromatic N) is 2. The first-order chi connectivity index (χ1) is 9.03. The van der Waals surface area contributed by atoms with E-state index < -0.39 is 13.2 Å². The molecule has 0 fully saturated rings. The summed E-state index contributed by atoms with van der Waals surface area (Å²) < 4.78 is 24.4. The maximum absolute atomic E-state index is 12.6. The topological polar surface area (TPSA) is 70.4 Å². The number of hydrogen-bond acceptors (Lipinski definition) is 5. The van der Waals surface area contributed by atoms with Gasteiger partial charge in [-0.2, -0.15) is 0 Å². The Bertz CT molecular complexity index is 577. The van der Waals surface area contributed by atoms with Crippen molar-refractivity contribution < 1.29 is 13.6 Å². The first-order valence-electron chi connectivity index (χ1n) is 6.22. The molecular formula is C11H16ClN2O4P. The summed E-state index contributed by atoms with van der Waals surface area (Å²) in [5.41, 5.74) is 0.0453. The van der Waals surface area contributed by atoms with E-state index in [-0.39, 0.29) is 23.8 Å². The van der Waals surface area contributed by atoms with E-state index in [9.17, 15) is 9.36 Å². The average molecular weight is 307 g/mol. The number of hydrogen-bond donors (Lipinski definition) is 0. The number of halogens is 1. The first kappa shape index (κ1) is 14.7. The van der Waals surface area contributed by atoms with Crippen LogP contribution in [0.2, 0.25) is 5.15 Å². The Morgan fingerprint density at radius 3 is 2.58 bits per heavy atom. The Morgan fingerprint density at radius 2 is 2.00 bits per heavy atom. The van der Waals surface area contributed by atoms with Gasteiger partial charge in [0, 0.05) is 6.54 Å². The zero-order valence-corrected chi connectivity index (χ0v) is 12.5. The Labute approximate surface area is 116 Å². The minimum atomic E-state index is -3.70. The average Bonchev–Trinajstić information content (AvgIpc) is 2.84. The Kier molecular flexibility index (Phi) is 4.46. The van der Waals surface area contributed by atoms with Crippen molar-refractivity contribution in [2.75, 3.05) is 13.2 Å². The fraction of sp³-hybridized carbons (Fsp3) is 0.636. The van der Waals surface area contributed by atoms with Gasteiger partial charge in [-0.1, -0.05) is 11.6 Å². The molecule has 0 saturated carbocycles. The summed E-state index contributed by atoms with van der Waals surface area (Å²) in [5.74, 6) is 0. The highest BCUT2D eigenvalue weighted by molar-refractivity contribution is 7.61. The summed E-state index contributed by atoms with van der Waals surface area (Å²) in [7, 11) is -3.70. The molecule has 0 aliphatic carbocycles.